The van der Waals surface area contributed by atoms with Crippen LogP contribution in [0.5, 0.6) is 0 Å². The van der Waals surface area contributed by atoms with Crippen molar-refractivity contribution in [3.05, 3.63) is 66.4 Å². The highest BCUT2D eigenvalue weighted by molar-refractivity contribution is 5.89. The third-order valence-electron chi connectivity index (χ3n) is 5.78. The molecule has 8 heteroatoms. The Balaban J connectivity index is 1.44. The van der Waals surface area contributed by atoms with Crippen LogP contribution in [0.25, 0.3) is 16.7 Å². The minimum Gasteiger partial charge on any atom is -0.369 e. The smallest absolute Gasteiger partial charge is 0.168 e. The third-order valence-corrected chi connectivity index (χ3v) is 5.78. The van der Waals surface area contributed by atoms with Crippen LogP contribution in [0, 0.1) is 12.7 Å². The highest BCUT2D eigenvalue weighted by Crippen LogP contribution is 2.27. The van der Waals surface area contributed by atoms with Crippen molar-refractivity contribution in [1.29, 1.82) is 0 Å². The number of hydrogen-bond donors (Lipinski definition) is 1. The van der Waals surface area contributed by atoms with Gasteiger partial charge in [-0.3, -0.25) is 0 Å². The van der Waals surface area contributed by atoms with Crippen molar-refractivity contribution in [3.8, 4) is 5.69 Å². The van der Waals surface area contributed by atoms with Gasteiger partial charge in [0, 0.05) is 37.6 Å². The Kier molecular flexibility index (Phi) is 4.99. The van der Waals surface area contributed by atoms with E-state index in [2.05, 4.69) is 61.5 Å². The summed E-state index contributed by atoms with van der Waals surface area (Å²) in [4.78, 5) is 13.5. The van der Waals surface area contributed by atoms with Crippen LogP contribution >= 0.6 is 0 Å². The molecule has 1 aliphatic rings. The molecule has 0 aliphatic carbocycles. The van der Waals surface area contributed by atoms with E-state index in [0.29, 0.717) is 17.2 Å². The lowest BCUT2D eigenvalue weighted by atomic mass is 10.2. The second kappa shape index (κ2) is 7.96. The number of benzene rings is 2. The van der Waals surface area contributed by atoms with Gasteiger partial charge in [-0.1, -0.05) is 6.07 Å². The summed E-state index contributed by atoms with van der Waals surface area (Å²) in [5.74, 6) is 0.300. The van der Waals surface area contributed by atoms with Crippen LogP contribution in [0.1, 0.15) is 5.56 Å². The average Bonchev–Trinajstić information content (AvgIpc) is 3.22. The molecule has 3 heterocycles. The molecule has 2 aromatic heterocycles. The first-order valence-electron chi connectivity index (χ1n) is 10.3. The Morgan fingerprint density at radius 1 is 0.935 bits per heavy atom. The molecule has 7 nitrogen and oxygen atoms in total. The number of aromatic nitrogens is 4. The SMILES string of the molecule is Cc1ccc(F)cc1Nc1ncnc2c1cnn2-c1ccc(N2CCN(C)CC2)cc1. The number of nitrogens with one attached hydrogen (secondary N) is 1. The van der Waals surface area contributed by atoms with Gasteiger partial charge in [-0.15, -0.1) is 0 Å². The first-order valence-corrected chi connectivity index (χ1v) is 10.3. The predicted octanol–water partition coefficient (Wildman–Crippen LogP) is 3.76. The molecule has 1 aliphatic heterocycles. The number of nitrogens with zero attached hydrogens (tertiary/aromatic N) is 6. The monoisotopic (exact) mass is 417 g/mol. The van der Waals surface area contributed by atoms with E-state index >= 15 is 0 Å². The highest BCUT2D eigenvalue weighted by Gasteiger charge is 2.16. The van der Waals surface area contributed by atoms with Crippen molar-refractivity contribution in [1.82, 2.24) is 24.6 Å². The van der Waals surface area contributed by atoms with Crippen LogP contribution in [0.15, 0.2) is 55.0 Å². The Labute approximate surface area is 180 Å². The van der Waals surface area contributed by atoms with Gasteiger partial charge >= 0.3 is 0 Å². The number of hydrogen-bond acceptors (Lipinski definition) is 6. The summed E-state index contributed by atoms with van der Waals surface area (Å²) in [5.41, 5.74) is 4.44. The van der Waals surface area contributed by atoms with E-state index < -0.39 is 0 Å². The molecule has 0 radical (unpaired) electrons. The second-order valence-corrected chi connectivity index (χ2v) is 7.91. The maximum Gasteiger partial charge on any atom is 0.168 e. The Bertz CT molecular complexity index is 1210. The van der Waals surface area contributed by atoms with E-state index in [0.717, 1.165) is 42.8 Å². The zero-order valence-corrected chi connectivity index (χ0v) is 17.6. The van der Waals surface area contributed by atoms with Crippen LogP contribution in [0.2, 0.25) is 0 Å². The molecular weight excluding hydrogens is 393 g/mol. The molecule has 0 bridgehead atoms. The number of halogens is 1. The van der Waals surface area contributed by atoms with Crippen molar-refractivity contribution >= 4 is 28.2 Å². The first kappa shape index (κ1) is 19.4. The summed E-state index contributed by atoms with van der Waals surface area (Å²) in [6.45, 7) is 6.13. The van der Waals surface area contributed by atoms with Gasteiger partial charge in [-0.05, 0) is 55.9 Å². The molecule has 1 saturated heterocycles. The number of likely N-dealkylation sites (N-methyl/N-ethyl adjacent to an activating group) is 1. The maximum atomic E-state index is 13.7. The fourth-order valence-electron chi connectivity index (χ4n) is 3.86. The second-order valence-electron chi connectivity index (χ2n) is 7.91. The van der Waals surface area contributed by atoms with Crippen LogP contribution in [-0.2, 0) is 0 Å². The summed E-state index contributed by atoms with van der Waals surface area (Å²) in [5, 5.41) is 8.53. The van der Waals surface area contributed by atoms with Gasteiger partial charge in [-0.25, -0.2) is 19.0 Å². The van der Waals surface area contributed by atoms with Gasteiger partial charge in [0.15, 0.2) is 5.65 Å². The van der Waals surface area contributed by atoms with Crippen LogP contribution < -0.4 is 10.2 Å². The zero-order chi connectivity index (χ0) is 21.4. The number of piperazine rings is 1. The Hall–Kier alpha value is -3.52. The van der Waals surface area contributed by atoms with Gasteiger partial charge < -0.3 is 15.1 Å². The van der Waals surface area contributed by atoms with Gasteiger partial charge in [0.2, 0.25) is 0 Å². The molecule has 0 atom stereocenters. The maximum absolute atomic E-state index is 13.7. The molecule has 4 aromatic rings. The number of fused-ring (bicyclic) bond motifs is 1. The average molecular weight is 417 g/mol. The van der Waals surface area contributed by atoms with E-state index in [9.17, 15) is 4.39 Å². The minimum atomic E-state index is -0.297. The molecule has 31 heavy (non-hydrogen) atoms. The summed E-state index contributed by atoms with van der Waals surface area (Å²) in [6.07, 6.45) is 3.23. The molecule has 0 saturated carbocycles. The molecule has 5 rings (SSSR count). The minimum absolute atomic E-state index is 0.297. The molecular formula is C23H24FN7. The van der Waals surface area contributed by atoms with Crippen LogP contribution in [0.4, 0.5) is 21.6 Å². The normalized spacial score (nSPS) is 14.9. The molecule has 1 fully saturated rings. The van der Waals surface area contributed by atoms with E-state index in [1.807, 2.05) is 6.92 Å². The zero-order valence-electron chi connectivity index (χ0n) is 17.6. The lowest BCUT2D eigenvalue weighted by molar-refractivity contribution is 0.313. The molecule has 0 unspecified atom stereocenters. The van der Waals surface area contributed by atoms with E-state index in [-0.39, 0.29) is 5.82 Å². The van der Waals surface area contributed by atoms with Crippen molar-refractivity contribution in [2.75, 3.05) is 43.4 Å². The summed E-state index contributed by atoms with van der Waals surface area (Å²) < 4.78 is 15.5. The van der Waals surface area contributed by atoms with Crippen molar-refractivity contribution in [3.63, 3.8) is 0 Å². The molecule has 2 aromatic carbocycles. The Morgan fingerprint density at radius 2 is 1.68 bits per heavy atom. The van der Waals surface area contributed by atoms with Crippen LogP contribution in [-0.4, -0.2) is 57.9 Å². The van der Waals surface area contributed by atoms with Gasteiger partial charge in [-0.2, -0.15) is 5.10 Å². The predicted molar refractivity (Wildman–Crippen MR) is 121 cm³/mol. The fourth-order valence-corrected chi connectivity index (χ4v) is 3.86. The fraction of sp³-hybridized carbons (Fsp3) is 0.261. The largest absolute Gasteiger partial charge is 0.369 e. The third kappa shape index (κ3) is 3.82. The first-order chi connectivity index (χ1) is 15.1. The molecule has 0 spiro atoms. The summed E-state index contributed by atoms with van der Waals surface area (Å²) in [6, 6.07) is 13.0. The lowest BCUT2D eigenvalue weighted by Crippen LogP contribution is -2.44. The van der Waals surface area contributed by atoms with Gasteiger partial charge in [0.05, 0.1) is 17.3 Å². The van der Waals surface area contributed by atoms with Crippen molar-refractivity contribution in [2.24, 2.45) is 0 Å². The van der Waals surface area contributed by atoms with Crippen LogP contribution in [0.3, 0.4) is 0 Å². The van der Waals surface area contributed by atoms with Crippen molar-refractivity contribution in [2.45, 2.75) is 6.92 Å². The molecule has 1 N–H and O–H groups in total. The Morgan fingerprint density at radius 3 is 2.45 bits per heavy atom. The lowest BCUT2D eigenvalue weighted by Gasteiger charge is -2.34. The quantitative estimate of drug-likeness (QED) is 0.546. The summed E-state index contributed by atoms with van der Waals surface area (Å²) in [7, 11) is 2.16. The van der Waals surface area contributed by atoms with E-state index in [1.165, 1.54) is 24.1 Å². The summed E-state index contributed by atoms with van der Waals surface area (Å²) >= 11 is 0. The van der Waals surface area contributed by atoms with Crippen molar-refractivity contribution < 1.29 is 4.39 Å². The number of anilines is 3. The van der Waals surface area contributed by atoms with Gasteiger partial charge in [0.25, 0.3) is 0 Å². The molecule has 0 amide bonds. The van der Waals surface area contributed by atoms with Gasteiger partial charge in [0.1, 0.15) is 18.0 Å². The topological polar surface area (TPSA) is 62.1 Å². The number of aryl methyl sites for hydroxylation is 1. The number of rotatable bonds is 4. The molecule has 158 valence electrons. The highest BCUT2D eigenvalue weighted by atomic mass is 19.1. The standard InChI is InChI=1S/C23H24FN7/c1-16-3-4-17(24)13-21(16)28-22-20-14-27-31(23(20)26-15-25-22)19-7-5-18(6-8-19)30-11-9-29(2)10-12-30/h3-8,13-15H,9-12H2,1-2H3,(H,25,26,28). The van der Waals surface area contributed by atoms with E-state index in [1.54, 1.807) is 16.9 Å². The van der Waals surface area contributed by atoms with E-state index in [4.69, 9.17) is 0 Å².